The maximum atomic E-state index is 12.6. The predicted molar refractivity (Wildman–Crippen MR) is 74.6 cm³/mol. The topological polar surface area (TPSA) is 66.5 Å². The first-order chi connectivity index (χ1) is 9.58. The number of carbonyl (C=O) groups excluding carboxylic acids is 3. The van der Waals surface area contributed by atoms with Gasteiger partial charge in [-0.25, -0.2) is 0 Å². The number of thiophene rings is 1. The molecule has 1 aromatic heterocycles. The van der Waals surface area contributed by atoms with E-state index in [-0.39, 0.29) is 12.5 Å². The van der Waals surface area contributed by atoms with Crippen LogP contribution in [0.1, 0.15) is 40.6 Å². The molecule has 106 valence electrons. The van der Waals surface area contributed by atoms with Crippen molar-refractivity contribution in [1.29, 1.82) is 0 Å². The number of aryl methyl sites for hydroxylation is 1. The molecule has 0 radical (unpaired) electrons. The lowest BCUT2D eigenvalue weighted by Crippen LogP contribution is -2.58. The number of rotatable bonds is 1. The molecule has 1 N–H and O–H groups in total. The van der Waals surface area contributed by atoms with E-state index < -0.39 is 17.9 Å². The van der Waals surface area contributed by atoms with Crippen LogP contribution in [0.2, 0.25) is 0 Å². The summed E-state index contributed by atoms with van der Waals surface area (Å²) in [5.41, 5.74) is 1.80. The molecule has 20 heavy (non-hydrogen) atoms. The molecule has 1 aliphatic heterocycles. The number of nitrogens with one attached hydrogen (secondary N) is 1. The standard InChI is InChI=1S/C14H16N2O3S/c1-8-13(18)15-12(17)6-16(8)14(19)10-7-20-11-5-3-2-4-9(10)11/h7-8H,2-6H2,1H3,(H,15,17,18). The zero-order chi connectivity index (χ0) is 14.3. The molecule has 5 nitrogen and oxygen atoms in total. The number of hydrogen-bond acceptors (Lipinski definition) is 4. The summed E-state index contributed by atoms with van der Waals surface area (Å²) in [6.07, 6.45) is 4.21. The number of carbonyl (C=O) groups is 3. The summed E-state index contributed by atoms with van der Waals surface area (Å²) >= 11 is 1.61. The molecule has 6 heteroatoms. The number of hydrogen-bond donors (Lipinski definition) is 1. The van der Waals surface area contributed by atoms with Crippen molar-refractivity contribution in [1.82, 2.24) is 10.2 Å². The number of imide groups is 1. The average Bonchev–Trinajstić information content (AvgIpc) is 2.86. The fourth-order valence-electron chi connectivity index (χ4n) is 2.79. The summed E-state index contributed by atoms with van der Waals surface area (Å²) in [7, 11) is 0. The molecule has 3 amide bonds. The van der Waals surface area contributed by atoms with Crippen molar-refractivity contribution in [3.05, 3.63) is 21.4 Å². The fraction of sp³-hybridized carbons (Fsp3) is 0.500. The van der Waals surface area contributed by atoms with Crippen molar-refractivity contribution < 1.29 is 14.4 Å². The molecule has 1 aliphatic carbocycles. The molecular formula is C14H16N2O3S. The minimum absolute atomic E-state index is 0.0453. The van der Waals surface area contributed by atoms with E-state index in [1.807, 2.05) is 5.38 Å². The molecule has 1 atom stereocenters. The monoisotopic (exact) mass is 292 g/mol. The molecule has 2 aliphatic rings. The third-order valence-corrected chi connectivity index (χ3v) is 5.06. The maximum absolute atomic E-state index is 12.6. The van der Waals surface area contributed by atoms with Crippen LogP contribution in [0.15, 0.2) is 5.38 Å². The van der Waals surface area contributed by atoms with Crippen LogP contribution < -0.4 is 5.32 Å². The Kier molecular flexibility index (Phi) is 3.33. The third-order valence-electron chi connectivity index (χ3n) is 3.98. The minimum atomic E-state index is -0.598. The second-order valence-corrected chi connectivity index (χ2v) is 6.24. The summed E-state index contributed by atoms with van der Waals surface area (Å²) in [6.45, 7) is 1.61. The largest absolute Gasteiger partial charge is 0.318 e. The molecule has 1 aromatic rings. The van der Waals surface area contributed by atoms with Crippen molar-refractivity contribution in [3.8, 4) is 0 Å². The Morgan fingerprint density at radius 2 is 2.10 bits per heavy atom. The van der Waals surface area contributed by atoms with Gasteiger partial charge in [0.15, 0.2) is 0 Å². The van der Waals surface area contributed by atoms with Crippen molar-refractivity contribution in [2.75, 3.05) is 6.54 Å². The predicted octanol–water partition coefficient (Wildman–Crippen LogP) is 1.11. The van der Waals surface area contributed by atoms with Crippen molar-refractivity contribution in [3.63, 3.8) is 0 Å². The number of fused-ring (bicyclic) bond motifs is 1. The summed E-state index contributed by atoms with van der Waals surface area (Å²) < 4.78 is 0. The molecule has 1 saturated heterocycles. The van der Waals surface area contributed by atoms with Gasteiger partial charge in [-0.15, -0.1) is 11.3 Å². The lowest BCUT2D eigenvalue weighted by Gasteiger charge is -2.31. The van der Waals surface area contributed by atoms with E-state index in [9.17, 15) is 14.4 Å². The van der Waals surface area contributed by atoms with Gasteiger partial charge in [0.2, 0.25) is 11.8 Å². The molecule has 0 spiro atoms. The minimum Gasteiger partial charge on any atom is -0.318 e. The first kappa shape index (κ1) is 13.3. The summed E-state index contributed by atoms with van der Waals surface area (Å²) in [4.78, 5) is 38.4. The first-order valence-electron chi connectivity index (χ1n) is 6.82. The summed E-state index contributed by atoms with van der Waals surface area (Å²) in [6, 6.07) is -0.598. The molecule has 0 bridgehead atoms. The van der Waals surface area contributed by atoms with Gasteiger partial charge in [-0.3, -0.25) is 19.7 Å². The van der Waals surface area contributed by atoms with Gasteiger partial charge in [0.05, 0.1) is 5.56 Å². The smallest absolute Gasteiger partial charge is 0.256 e. The van der Waals surface area contributed by atoms with E-state index in [0.29, 0.717) is 5.56 Å². The van der Waals surface area contributed by atoms with Gasteiger partial charge < -0.3 is 4.90 Å². The Morgan fingerprint density at radius 3 is 2.90 bits per heavy atom. The zero-order valence-electron chi connectivity index (χ0n) is 11.3. The van der Waals surface area contributed by atoms with Crippen LogP contribution >= 0.6 is 11.3 Å². The Hall–Kier alpha value is -1.69. The summed E-state index contributed by atoms with van der Waals surface area (Å²) in [5, 5.41) is 4.13. The van der Waals surface area contributed by atoms with E-state index in [4.69, 9.17) is 0 Å². The van der Waals surface area contributed by atoms with Gasteiger partial charge in [-0.05, 0) is 38.2 Å². The Balaban J connectivity index is 1.90. The first-order valence-corrected chi connectivity index (χ1v) is 7.70. The van der Waals surface area contributed by atoms with E-state index in [0.717, 1.165) is 24.8 Å². The van der Waals surface area contributed by atoms with Crippen molar-refractivity contribution in [2.24, 2.45) is 0 Å². The van der Waals surface area contributed by atoms with Gasteiger partial charge in [0, 0.05) is 10.3 Å². The molecule has 1 fully saturated rings. The molecule has 1 unspecified atom stereocenters. The van der Waals surface area contributed by atoms with E-state index >= 15 is 0 Å². The van der Waals surface area contributed by atoms with Gasteiger partial charge in [0.1, 0.15) is 12.6 Å². The average molecular weight is 292 g/mol. The van der Waals surface area contributed by atoms with Crippen molar-refractivity contribution in [2.45, 2.75) is 38.6 Å². The highest BCUT2D eigenvalue weighted by atomic mass is 32.1. The van der Waals surface area contributed by atoms with Crippen molar-refractivity contribution >= 4 is 29.1 Å². The molecule has 0 saturated carbocycles. The lowest BCUT2D eigenvalue weighted by atomic mass is 9.95. The highest BCUT2D eigenvalue weighted by Gasteiger charge is 2.35. The Morgan fingerprint density at radius 1 is 1.35 bits per heavy atom. The molecule has 2 heterocycles. The lowest BCUT2D eigenvalue weighted by molar-refractivity contribution is -0.138. The Labute approximate surface area is 121 Å². The molecular weight excluding hydrogens is 276 g/mol. The van der Waals surface area contributed by atoms with Crippen LogP contribution in [0.5, 0.6) is 0 Å². The van der Waals surface area contributed by atoms with Gasteiger partial charge in [-0.1, -0.05) is 0 Å². The summed E-state index contributed by atoms with van der Waals surface area (Å²) in [5.74, 6) is -1.01. The number of nitrogens with zero attached hydrogens (tertiary/aromatic N) is 1. The molecule has 3 rings (SSSR count). The fourth-order valence-corrected chi connectivity index (χ4v) is 3.91. The van der Waals surface area contributed by atoms with E-state index in [1.54, 1.807) is 18.3 Å². The van der Waals surface area contributed by atoms with Crippen LogP contribution in [0, 0.1) is 0 Å². The SMILES string of the molecule is CC1C(=O)NC(=O)CN1C(=O)c1csc2c1CCCC2. The second-order valence-electron chi connectivity index (χ2n) is 5.28. The van der Waals surface area contributed by atoms with Crippen LogP contribution in [-0.4, -0.2) is 35.2 Å². The maximum Gasteiger partial charge on any atom is 0.256 e. The van der Waals surface area contributed by atoms with Gasteiger partial charge >= 0.3 is 0 Å². The number of piperazine rings is 1. The quantitative estimate of drug-likeness (QED) is 0.789. The van der Waals surface area contributed by atoms with Gasteiger partial charge in [0.25, 0.3) is 5.91 Å². The highest BCUT2D eigenvalue weighted by molar-refractivity contribution is 7.10. The zero-order valence-corrected chi connectivity index (χ0v) is 12.1. The van der Waals surface area contributed by atoms with Crippen LogP contribution in [0.3, 0.4) is 0 Å². The number of amides is 3. The molecule has 0 aromatic carbocycles. The second kappa shape index (κ2) is 5.01. The highest BCUT2D eigenvalue weighted by Crippen LogP contribution is 2.31. The van der Waals surface area contributed by atoms with E-state index in [2.05, 4.69) is 5.32 Å². The van der Waals surface area contributed by atoms with E-state index in [1.165, 1.54) is 16.2 Å². The van der Waals surface area contributed by atoms with Crippen LogP contribution in [-0.2, 0) is 22.4 Å². The van der Waals surface area contributed by atoms with Crippen LogP contribution in [0.25, 0.3) is 0 Å². The normalized spacial score (nSPS) is 22.4. The third kappa shape index (κ3) is 2.14. The Bertz CT molecular complexity index is 593. The van der Waals surface area contributed by atoms with Gasteiger partial charge in [-0.2, -0.15) is 0 Å². The van der Waals surface area contributed by atoms with Crippen LogP contribution in [0.4, 0.5) is 0 Å².